The molecule has 0 spiro atoms. The lowest BCUT2D eigenvalue weighted by atomic mass is 10.0. The SMILES string of the molecule is Cc1ccccc1C(=O)NC(C)c1ccc(-c2nn(C3CCCC3)c(N)c2C(N)=O)cc1.Cc1ccccc1C(=O)NCc1ccc(-c2nn(-c3cccc(F)c3F)c(N)c2C(N)=O)cc1.Cc1ccccc1C(=O)NCc1ccc(-c2nn(C3CCCC3)c(Cl)c2C(N)=O)cc1.Cc1ccccc1C(=O)NCc1ccc(-c2nn(C3CCCOC3)c(N)c2C(N)=O)cc1. The highest BCUT2D eigenvalue weighted by molar-refractivity contribution is 6.33. The van der Waals surface area contributed by atoms with Crippen molar-refractivity contribution < 1.29 is 51.9 Å². The van der Waals surface area contributed by atoms with Crippen LogP contribution >= 0.6 is 11.6 Å². The van der Waals surface area contributed by atoms with Crippen LogP contribution in [0, 0.1) is 39.3 Å². The zero-order valence-electron chi connectivity index (χ0n) is 72.1. The molecule has 664 valence electrons. The minimum atomic E-state index is -1.15. The van der Waals surface area contributed by atoms with E-state index in [0.717, 1.165) is 143 Å². The number of hydrogen-bond donors (Lipinski definition) is 11. The molecule has 0 radical (unpaired) electrons. The van der Waals surface area contributed by atoms with Gasteiger partial charge in [-0.3, -0.25) is 38.4 Å². The molecule has 31 heteroatoms. The first-order chi connectivity index (χ1) is 62.0. The topological polar surface area (TPSA) is 447 Å². The number of benzene rings is 9. The van der Waals surface area contributed by atoms with Gasteiger partial charge in [-0.05, 0) is 154 Å². The van der Waals surface area contributed by atoms with Gasteiger partial charge in [0.15, 0.2) is 11.6 Å². The molecule has 2 unspecified atom stereocenters. The van der Waals surface area contributed by atoms with Crippen LogP contribution in [0.4, 0.5) is 26.2 Å². The smallest absolute Gasteiger partial charge is 0.254 e. The number of nitrogens with one attached hydrogen (secondary N) is 4. The van der Waals surface area contributed by atoms with Gasteiger partial charge in [-0.25, -0.2) is 27.5 Å². The Morgan fingerprint density at radius 2 is 0.736 bits per heavy atom. The summed E-state index contributed by atoms with van der Waals surface area (Å²) in [5.74, 6) is -5.01. The molecular formula is C98H102ClF2N19O9. The Hall–Kier alpha value is -14.9. The van der Waals surface area contributed by atoms with Gasteiger partial charge < -0.3 is 66.1 Å². The number of rotatable bonds is 24. The van der Waals surface area contributed by atoms with Crippen molar-refractivity contribution in [2.24, 2.45) is 22.9 Å². The number of carbonyl (C=O) groups excluding carboxylic acids is 8. The van der Waals surface area contributed by atoms with E-state index in [1.807, 2.05) is 186 Å². The Bertz CT molecular complexity index is 6310. The Balaban J connectivity index is 0.000000147. The van der Waals surface area contributed by atoms with E-state index in [1.165, 1.54) is 12.1 Å². The summed E-state index contributed by atoms with van der Waals surface area (Å²) in [5, 5.41) is 30.3. The maximum atomic E-state index is 14.3. The van der Waals surface area contributed by atoms with Crippen molar-refractivity contribution in [2.75, 3.05) is 30.4 Å². The van der Waals surface area contributed by atoms with Crippen molar-refractivity contribution in [3.8, 4) is 50.7 Å². The fraction of sp³-hybridized carbons (Fsp3) is 0.245. The summed E-state index contributed by atoms with van der Waals surface area (Å²) in [6.07, 6.45) is 10.3. The van der Waals surface area contributed by atoms with Crippen LogP contribution in [-0.4, -0.2) is 99.6 Å². The number of ether oxygens (including phenoxy) is 1. The largest absolute Gasteiger partial charge is 0.383 e. The molecule has 9 aromatic carbocycles. The first kappa shape index (κ1) is 91.8. The third kappa shape index (κ3) is 21.3. The van der Waals surface area contributed by atoms with Gasteiger partial charge in [-0.1, -0.05) is 213 Å². The fourth-order valence-corrected chi connectivity index (χ4v) is 16.5. The van der Waals surface area contributed by atoms with E-state index < -0.39 is 35.3 Å². The number of anilines is 3. The van der Waals surface area contributed by atoms with E-state index in [-0.39, 0.29) is 99.6 Å². The average molecular weight is 1760 g/mol. The second kappa shape index (κ2) is 41.5. The number of primary amides is 4. The van der Waals surface area contributed by atoms with E-state index in [9.17, 15) is 47.1 Å². The molecule has 3 aliphatic rings. The molecular weight excluding hydrogens is 1660 g/mol. The lowest BCUT2D eigenvalue weighted by Gasteiger charge is -2.23. The number of amides is 8. The molecule has 1 saturated heterocycles. The van der Waals surface area contributed by atoms with Crippen LogP contribution in [0.5, 0.6) is 0 Å². The highest BCUT2D eigenvalue weighted by Gasteiger charge is 2.32. The third-order valence-electron chi connectivity index (χ3n) is 23.3. The molecule has 2 saturated carbocycles. The summed E-state index contributed by atoms with van der Waals surface area (Å²) >= 11 is 6.49. The molecule has 2 atom stereocenters. The summed E-state index contributed by atoms with van der Waals surface area (Å²) in [6, 6.07) is 63.0. The lowest BCUT2D eigenvalue weighted by Crippen LogP contribution is -2.27. The Morgan fingerprint density at radius 3 is 1.12 bits per heavy atom. The third-order valence-corrected chi connectivity index (χ3v) is 23.6. The van der Waals surface area contributed by atoms with E-state index in [4.69, 9.17) is 56.5 Å². The number of nitrogens with two attached hydrogens (primary N) is 7. The first-order valence-corrected chi connectivity index (χ1v) is 42.8. The standard InChI is InChI=1S/C25H21F2N5O2.C25H29N5O2.C24H25ClN4O2.C24H27N5O3/c1-14-5-2-3-6-17(14)25(34)30-13-15-9-11-16(12-10-15)22-20(24(29)33)23(28)32(31-22)19-8-4-7-18(26)21(19)27;1-15-7-3-6-10-20(15)25(32)28-16(2)17-11-13-18(14-12-17)22-21(24(27)31)23(26)30(29-22)19-8-4-5-9-19;1-15-6-2-5-9-19(15)24(31)27-14-16-10-12-17(13-11-16)21-20(23(26)30)22(25)29(28-21)18-7-3-4-8-18;1-15-5-2-3-7-19(15)24(31)27-13-16-8-10-17(11-9-16)21-20(23(26)30)22(25)29(28-21)18-6-4-12-32-14-18/h2-12H,13,28H2,1H3,(H2,29,33)(H,30,34);3,6-7,10-14,16,19H,4-5,8-9,26H2,1-2H3,(H2,27,31)(H,28,32);2,5-6,9-13,18H,3-4,7-8,14H2,1H3,(H2,26,30)(H,27,31);2-3,5,7-11,18H,4,6,12-14,25H2,1H3,(H2,26,30)(H,27,31). The van der Waals surface area contributed by atoms with Crippen molar-refractivity contribution in [1.82, 2.24) is 60.4 Å². The molecule has 1 aliphatic heterocycles. The Kier molecular flexibility index (Phi) is 29.5. The highest BCUT2D eigenvalue weighted by atomic mass is 35.5. The van der Waals surface area contributed by atoms with Crippen LogP contribution in [0.15, 0.2) is 212 Å². The Morgan fingerprint density at radius 1 is 0.403 bits per heavy atom. The second-order valence-corrected chi connectivity index (χ2v) is 32.4. The van der Waals surface area contributed by atoms with Gasteiger partial charge in [0.2, 0.25) is 0 Å². The highest BCUT2D eigenvalue weighted by Crippen LogP contribution is 2.40. The molecule has 2 aliphatic carbocycles. The number of aromatic nitrogens is 8. The quantitative estimate of drug-likeness (QED) is 0.0268. The molecule has 18 N–H and O–H groups in total. The van der Waals surface area contributed by atoms with Gasteiger partial charge in [-0.15, -0.1) is 0 Å². The summed E-state index contributed by atoms with van der Waals surface area (Å²) in [4.78, 5) is 98.4. The minimum absolute atomic E-state index is 0.0217. The molecule has 129 heavy (non-hydrogen) atoms. The van der Waals surface area contributed by atoms with Crippen LogP contribution in [0.25, 0.3) is 50.7 Å². The molecule has 13 aromatic rings. The summed E-state index contributed by atoms with van der Waals surface area (Å²) in [7, 11) is 0. The van der Waals surface area contributed by atoms with Gasteiger partial charge in [-0.2, -0.15) is 20.4 Å². The maximum absolute atomic E-state index is 14.3. The summed E-state index contributed by atoms with van der Waals surface area (Å²) < 4.78 is 39.7. The summed E-state index contributed by atoms with van der Waals surface area (Å²) in [5.41, 5.74) is 55.5. The second-order valence-electron chi connectivity index (χ2n) is 32.1. The van der Waals surface area contributed by atoms with E-state index in [1.54, 1.807) is 56.5 Å². The average Bonchev–Trinajstić information content (AvgIpc) is 1.62. The van der Waals surface area contributed by atoms with Gasteiger partial charge in [0.05, 0.1) is 30.8 Å². The normalized spacial score (nSPS) is 13.9. The maximum Gasteiger partial charge on any atom is 0.254 e. The van der Waals surface area contributed by atoms with Crippen molar-refractivity contribution in [1.29, 1.82) is 0 Å². The van der Waals surface area contributed by atoms with Gasteiger partial charge in [0.25, 0.3) is 47.3 Å². The molecule has 8 amide bonds. The molecule has 0 bridgehead atoms. The van der Waals surface area contributed by atoms with Crippen LogP contribution in [0.2, 0.25) is 5.15 Å². The zero-order chi connectivity index (χ0) is 91.9. The van der Waals surface area contributed by atoms with E-state index in [2.05, 4.69) is 41.7 Å². The van der Waals surface area contributed by atoms with Gasteiger partial charge >= 0.3 is 0 Å². The van der Waals surface area contributed by atoms with Crippen LogP contribution in [-0.2, 0) is 24.4 Å². The van der Waals surface area contributed by atoms with E-state index >= 15 is 0 Å². The first-order valence-electron chi connectivity index (χ1n) is 42.4. The van der Waals surface area contributed by atoms with Crippen LogP contribution < -0.4 is 61.4 Å². The van der Waals surface area contributed by atoms with Crippen LogP contribution in [0.1, 0.15) is 223 Å². The number of halogens is 3. The minimum Gasteiger partial charge on any atom is -0.383 e. The summed E-state index contributed by atoms with van der Waals surface area (Å²) in [6.45, 7) is 11.8. The number of nitrogens with zero attached hydrogens (tertiary/aromatic N) is 8. The molecule has 4 aromatic heterocycles. The lowest BCUT2D eigenvalue weighted by molar-refractivity contribution is 0.0558. The molecule has 5 heterocycles. The zero-order valence-corrected chi connectivity index (χ0v) is 72.8. The molecule has 16 rings (SSSR count). The predicted octanol–water partition coefficient (Wildman–Crippen LogP) is 15.4. The number of carbonyl (C=O) groups is 8. The Labute approximate surface area is 749 Å². The van der Waals surface area contributed by atoms with Gasteiger partial charge in [0.1, 0.15) is 73.3 Å². The molecule has 28 nitrogen and oxygen atoms in total. The predicted molar refractivity (Wildman–Crippen MR) is 492 cm³/mol. The molecule has 3 fully saturated rings. The van der Waals surface area contributed by atoms with Crippen molar-refractivity contribution in [2.45, 2.75) is 143 Å². The number of nitrogen functional groups attached to an aromatic ring is 3. The monoisotopic (exact) mass is 1760 g/mol. The van der Waals surface area contributed by atoms with Crippen molar-refractivity contribution in [3.63, 3.8) is 0 Å². The van der Waals surface area contributed by atoms with Crippen molar-refractivity contribution in [3.05, 3.63) is 318 Å². The van der Waals surface area contributed by atoms with Gasteiger partial charge in [0, 0.05) is 70.7 Å². The van der Waals surface area contributed by atoms with Crippen molar-refractivity contribution >= 4 is 76.3 Å². The fourth-order valence-electron chi connectivity index (χ4n) is 16.1. The van der Waals surface area contributed by atoms with Crippen LogP contribution in [0.3, 0.4) is 0 Å². The number of aryl methyl sites for hydroxylation is 4. The van der Waals surface area contributed by atoms with E-state index in [0.29, 0.717) is 75.6 Å². The number of hydrogen-bond acceptors (Lipinski definition) is 16.